The highest BCUT2D eigenvalue weighted by molar-refractivity contribution is 5.82. The number of nitrogens with zero attached hydrogens (tertiary/aromatic N) is 2. The fourth-order valence-corrected chi connectivity index (χ4v) is 3.69. The number of anilines is 2. The lowest BCUT2D eigenvalue weighted by atomic mass is 10.1. The molecule has 0 aliphatic heterocycles. The van der Waals surface area contributed by atoms with Crippen LogP contribution in [0.2, 0.25) is 0 Å². The van der Waals surface area contributed by atoms with Crippen molar-refractivity contribution in [1.82, 2.24) is 9.38 Å². The molecule has 0 aliphatic rings. The molecular formula is C24H24FN3. The fraction of sp³-hybridized carbons (Fsp3) is 0.208. The molecule has 0 radical (unpaired) electrons. The number of aryl methyl sites for hydroxylation is 4. The number of hydrogen-bond donors (Lipinski definition) is 1. The summed E-state index contributed by atoms with van der Waals surface area (Å²) in [5.74, 6) is 0.533. The van der Waals surface area contributed by atoms with Gasteiger partial charge in [0.1, 0.15) is 23.0 Å². The van der Waals surface area contributed by atoms with E-state index in [4.69, 9.17) is 4.98 Å². The molecule has 28 heavy (non-hydrogen) atoms. The first kappa shape index (κ1) is 18.2. The molecule has 3 nitrogen and oxygen atoms in total. The molecule has 0 spiro atoms. The lowest BCUT2D eigenvalue weighted by Gasteiger charge is -2.16. The van der Waals surface area contributed by atoms with Crippen LogP contribution in [-0.2, 0) is 6.42 Å². The smallest absolute Gasteiger partial charge is 0.143 e. The van der Waals surface area contributed by atoms with Crippen molar-refractivity contribution in [2.45, 2.75) is 34.1 Å². The molecular weight excluding hydrogens is 349 g/mol. The number of hydrogen-bond acceptors (Lipinski definition) is 2. The summed E-state index contributed by atoms with van der Waals surface area (Å²) in [6.07, 6.45) is 0.852. The van der Waals surface area contributed by atoms with Crippen LogP contribution in [0.3, 0.4) is 0 Å². The van der Waals surface area contributed by atoms with Crippen LogP contribution in [-0.4, -0.2) is 9.38 Å². The molecule has 2 heterocycles. The Hall–Kier alpha value is -3.14. The molecule has 142 valence electrons. The lowest BCUT2D eigenvalue weighted by Crippen LogP contribution is -2.04. The van der Waals surface area contributed by atoms with Crippen molar-refractivity contribution in [3.05, 3.63) is 82.8 Å². The molecule has 0 bridgehead atoms. The molecule has 4 aromatic rings. The van der Waals surface area contributed by atoms with Gasteiger partial charge in [0.05, 0.1) is 0 Å². The third-order valence-corrected chi connectivity index (χ3v) is 5.19. The summed E-state index contributed by atoms with van der Waals surface area (Å²) in [5.41, 5.74) is 7.39. The van der Waals surface area contributed by atoms with Gasteiger partial charge in [-0.15, -0.1) is 0 Å². The monoisotopic (exact) mass is 373 g/mol. The average Bonchev–Trinajstić information content (AvgIpc) is 3.05. The Morgan fingerprint density at radius 1 is 0.964 bits per heavy atom. The van der Waals surface area contributed by atoms with Crippen molar-refractivity contribution in [2.24, 2.45) is 0 Å². The third kappa shape index (κ3) is 3.05. The average molecular weight is 373 g/mol. The minimum absolute atomic E-state index is 0.267. The van der Waals surface area contributed by atoms with Gasteiger partial charge in [0.2, 0.25) is 0 Å². The molecule has 4 rings (SSSR count). The molecule has 0 amide bonds. The van der Waals surface area contributed by atoms with Gasteiger partial charge < -0.3 is 5.32 Å². The van der Waals surface area contributed by atoms with E-state index in [9.17, 15) is 4.39 Å². The van der Waals surface area contributed by atoms with Crippen molar-refractivity contribution in [2.75, 3.05) is 5.32 Å². The minimum Gasteiger partial charge on any atom is -0.339 e. The number of rotatable bonds is 4. The van der Waals surface area contributed by atoms with Gasteiger partial charge in [-0.25, -0.2) is 9.37 Å². The summed E-state index contributed by atoms with van der Waals surface area (Å²) >= 11 is 0. The molecule has 0 fully saturated rings. The molecule has 0 saturated carbocycles. The highest BCUT2D eigenvalue weighted by Crippen LogP contribution is 2.35. The first-order valence-corrected chi connectivity index (χ1v) is 9.59. The number of aromatic nitrogens is 2. The third-order valence-electron chi connectivity index (χ3n) is 5.19. The zero-order chi connectivity index (χ0) is 19.8. The maximum absolute atomic E-state index is 14.8. The summed E-state index contributed by atoms with van der Waals surface area (Å²) in [6, 6.07) is 17.4. The van der Waals surface area contributed by atoms with E-state index in [0.29, 0.717) is 11.3 Å². The Morgan fingerprint density at radius 3 is 2.39 bits per heavy atom. The van der Waals surface area contributed by atoms with E-state index in [2.05, 4.69) is 48.7 Å². The molecule has 0 aliphatic carbocycles. The predicted molar refractivity (Wildman–Crippen MR) is 114 cm³/mol. The Bertz CT molecular complexity index is 1150. The maximum atomic E-state index is 14.8. The van der Waals surface area contributed by atoms with Crippen molar-refractivity contribution in [3.8, 4) is 11.3 Å². The van der Waals surface area contributed by atoms with Crippen LogP contribution in [0, 0.1) is 26.6 Å². The maximum Gasteiger partial charge on any atom is 0.143 e. The van der Waals surface area contributed by atoms with E-state index >= 15 is 0 Å². The summed E-state index contributed by atoms with van der Waals surface area (Å²) in [4.78, 5) is 4.81. The van der Waals surface area contributed by atoms with E-state index in [1.165, 1.54) is 6.07 Å². The second kappa shape index (κ2) is 7.12. The molecule has 4 heteroatoms. The number of nitrogens with one attached hydrogen (secondary N) is 1. The van der Waals surface area contributed by atoms with Crippen LogP contribution in [0.4, 0.5) is 15.9 Å². The molecule has 2 aromatic heterocycles. The highest BCUT2D eigenvalue weighted by atomic mass is 19.1. The van der Waals surface area contributed by atoms with Crippen molar-refractivity contribution < 1.29 is 4.39 Å². The number of fused-ring (bicyclic) bond motifs is 1. The largest absolute Gasteiger partial charge is 0.339 e. The molecule has 0 saturated heterocycles. The Balaban J connectivity index is 2.03. The van der Waals surface area contributed by atoms with Crippen LogP contribution in [0.25, 0.3) is 16.9 Å². The summed E-state index contributed by atoms with van der Waals surface area (Å²) in [5, 5.41) is 3.59. The number of halogens is 1. The van der Waals surface area contributed by atoms with Gasteiger partial charge in [0, 0.05) is 16.9 Å². The van der Waals surface area contributed by atoms with Crippen LogP contribution in [0.5, 0.6) is 0 Å². The van der Waals surface area contributed by atoms with Crippen molar-refractivity contribution in [3.63, 3.8) is 0 Å². The van der Waals surface area contributed by atoms with Crippen molar-refractivity contribution >= 4 is 17.2 Å². The van der Waals surface area contributed by atoms with Gasteiger partial charge in [-0.2, -0.15) is 0 Å². The number of pyridine rings is 1. The quantitative estimate of drug-likeness (QED) is 0.450. The topological polar surface area (TPSA) is 29.3 Å². The van der Waals surface area contributed by atoms with Gasteiger partial charge in [0.25, 0.3) is 0 Å². The molecule has 1 N–H and O–H groups in total. The van der Waals surface area contributed by atoms with Gasteiger partial charge in [-0.1, -0.05) is 42.8 Å². The van der Waals surface area contributed by atoms with E-state index in [-0.39, 0.29) is 5.82 Å². The number of benzene rings is 2. The standard InChI is InChI=1S/C24H24FN3/c1-5-18-10-7-11-21-26-23(19-14-15(2)12-13-20(19)25)24(28(18)21)27-22-16(3)8-6-9-17(22)4/h6-14,27H,5H2,1-4H3. The molecule has 2 aromatic carbocycles. The molecule has 0 unspecified atom stereocenters. The zero-order valence-corrected chi connectivity index (χ0v) is 16.7. The van der Waals surface area contributed by atoms with E-state index in [1.54, 1.807) is 6.07 Å². The van der Waals surface area contributed by atoms with Gasteiger partial charge in [-0.3, -0.25) is 4.40 Å². The van der Waals surface area contributed by atoms with Gasteiger partial charge >= 0.3 is 0 Å². The van der Waals surface area contributed by atoms with Crippen LogP contribution in [0.1, 0.15) is 29.3 Å². The van der Waals surface area contributed by atoms with Gasteiger partial charge in [0.15, 0.2) is 0 Å². The SMILES string of the molecule is CCc1cccc2nc(-c3cc(C)ccc3F)c(Nc3c(C)cccc3C)n12. The summed E-state index contributed by atoms with van der Waals surface area (Å²) in [6.45, 7) is 8.23. The normalized spacial score (nSPS) is 11.2. The Kier molecular flexibility index (Phi) is 4.63. The first-order valence-electron chi connectivity index (χ1n) is 9.59. The van der Waals surface area contributed by atoms with Crippen LogP contribution < -0.4 is 5.32 Å². The Labute approximate surface area is 164 Å². The van der Waals surface area contributed by atoms with Crippen LogP contribution >= 0.6 is 0 Å². The second-order valence-corrected chi connectivity index (χ2v) is 7.25. The predicted octanol–water partition coefficient (Wildman–Crippen LogP) is 6.37. The van der Waals surface area contributed by atoms with Gasteiger partial charge in [-0.05, 0) is 62.6 Å². The molecule has 0 atom stereocenters. The lowest BCUT2D eigenvalue weighted by molar-refractivity contribution is 0.630. The van der Waals surface area contributed by atoms with E-state index in [1.807, 2.05) is 31.2 Å². The zero-order valence-electron chi connectivity index (χ0n) is 16.7. The minimum atomic E-state index is -0.267. The summed E-state index contributed by atoms with van der Waals surface area (Å²) < 4.78 is 16.9. The Morgan fingerprint density at radius 2 is 1.68 bits per heavy atom. The van der Waals surface area contributed by atoms with Crippen LogP contribution in [0.15, 0.2) is 54.6 Å². The first-order chi connectivity index (χ1) is 13.5. The summed E-state index contributed by atoms with van der Waals surface area (Å²) in [7, 11) is 0. The van der Waals surface area contributed by atoms with Crippen molar-refractivity contribution in [1.29, 1.82) is 0 Å². The highest BCUT2D eigenvalue weighted by Gasteiger charge is 2.20. The van der Waals surface area contributed by atoms with E-state index < -0.39 is 0 Å². The fourth-order valence-electron chi connectivity index (χ4n) is 3.69. The number of para-hydroxylation sites is 1. The second-order valence-electron chi connectivity index (χ2n) is 7.25. The number of imidazole rings is 1. The van der Waals surface area contributed by atoms with E-state index in [0.717, 1.165) is 46.0 Å².